The maximum Gasteiger partial charge on any atom is 0.119 e. The third-order valence-electron chi connectivity index (χ3n) is 3.41. The number of methoxy groups -OCH3 is 1. The molecule has 0 saturated carbocycles. The third kappa shape index (κ3) is 1.86. The lowest BCUT2D eigenvalue weighted by Crippen LogP contribution is -2.33. The van der Waals surface area contributed by atoms with Crippen molar-refractivity contribution in [1.29, 1.82) is 0 Å². The predicted octanol–water partition coefficient (Wildman–Crippen LogP) is 2.60. The van der Waals surface area contributed by atoms with Crippen molar-refractivity contribution in [3.63, 3.8) is 0 Å². The van der Waals surface area contributed by atoms with Crippen LogP contribution in [0.5, 0.6) is 5.75 Å². The number of benzene rings is 1. The highest BCUT2D eigenvalue weighted by atomic mass is 16.5. The monoisotopic (exact) mass is 205 g/mol. The molecule has 1 N–H and O–H groups in total. The minimum absolute atomic E-state index is 0.138. The van der Waals surface area contributed by atoms with Gasteiger partial charge in [0, 0.05) is 5.54 Å². The maximum absolute atomic E-state index is 5.29. The molecule has 2 heteroatoms. The summed E-state index contributed by atoms with van der Waals surface area (Å²) in [6, 6.07) is 6.32. The van der Waals surface area contributed by atoms with Gasteiger partial charge in [0.2, 0.25) is 0 Å². The molecule has 1 unspecified atom stereocenters. The number of aryl methyl sites for hydroxylation is 1. The highest BCUT2D eigenvalue weighted by Gasteiger charge is 2.31. The minimum Gasteiger partial charge on any atom is -0.497 e. The van der Waals surface area contributed by atoms with Gasteiger partial charge < -0.3 is 10.1 Å². The van der Waals surface area contributed by atoms with E-state index in [4.69, 9.17) is 4.74 Å². The van der Waals surface area contributed by atoms with Crippen LogP contribution < -0.4 is 10.1 Å². The van der Waals surface area contributed by atoms with Crippen LogP contribution in [0, 0.1) is 6.92 Å². The summed E-state index contributed by atoms with van der Waals surface area (Å²) in [7, 11) is 1.72. The van der Waals surface area contributed by atoms with Crippen molar-refractivity contribution < 1.29 is 4.74 Å². The van der Waals surface area contributed by atoms with E-state index in [1.165, 1.54) is 24.0 Å². The Kier molecular flexibility index (Phi) is 2.70. The summed E-state index contributed by atoms with van der Waals surface area (Å²) in [5.74, 6) is 0.950. The summed E-state index contributed by atoms with van der Waals surface area (Å²) in [6.45, 7) is 5.56. The third-order valence-corrected chi connectivity index (χ3v) is 3.41. The quantitative estimate of drug-likeness (QED) is 0.801. The van der Waals surface area contributed by atoms with Crippen LogP contribution in [0.2, 0.25) is 0 Å². The van der Waals surface area contributed by atoms with Crippen molar-refractivity contribution in [1.82, 2.24) is 5.32 Å². The van der Waals surface area contributed by atoms with Crippen molar-refractivity contribution in [3.05, 3.63) is 29.3 Å². The zero-order valence-corrected chi connectivity index (χ0v) is 9.76. The van der Waals surface area contributed by atoms with Crippen molar-refractivity contribution in [2.45, 2.75) is 32.2 Å². The Bertz CT molecular complexity index is 354. The Hall–Kier alpha value is -1.02. The summed E-state index contributed by atoms with van der Waals surface area (Å²) < 4.78 is 5.29. The van der Waals surface area contributed by atoms with Crippen LogP contribution in [0.25, 0.3) is 0 Å². The zero-order valence-electron chi connectivity index (χ0n) is 9.76. The second kappa shape index (κ2) is 3.86. The molecule has 1 aliphatic rings. The van der Waals surface area contributed by atoms with E-state index in [0.717, 1.165) is 12.3 Å². The van der Waals surface area contributed by atoms with Gasteiger partial charge in [0.15, 0.2) is 0 Å². The molecule has 2 rings (SSSR count). The molecule has 1 aromatic carbocycles. The van der Waals surface area contributed by atoms with Gasteiger partial charge in [0.05, 0.1) is 7.11 Å². The largest absolute Gasteiger partial charge is 0.497 e. The van der Waals surface area contributed by atoms with Gasteiger partial charge in [-0.05, 0) is 56.5 Å². The molecule has 1 atom stereocenters. The van der Waals surface area contributed by atoms with Gasteiger partial charge in [-0.1, -0.05) is 6.07 Å². The van der Waals surface area contributed by atoms with Crippen molar-refractivity contribution in [2.75, 3.05) is 13.7 Å². The maximum atomic E-state index is 5.29. The fraction of sp³-hybridized carbons (Fsp3) is 0.538. The Morgan fingerprint density at radius 2 is 2.20 bits per heavy atom. The van der Waals surface area contributed by atoms with Crippen molar-refractivity contribution in [2.24, 2.45) is 0 Å². The first kappa shape index (κ1) is 10.5. The fourth-order valence-corrected chi connectivity index (χ4v) is 2.45. The van der Waals surface area contributed by atoms with Crippen LogP contribution in [0.15, 0.2) is 18.2 Å². The van der Waals surface area contributed by atoms with Gasteiger partial charge in [0.1, 0.15) is 5.75 Å². The number of nitrogens with one attached hydrogen (secondary N) is 1. The molecule has 1 fully saturated rings. The van der Waals surface area contributed by atoms with Crippen LogP contribution in [0.1, 0.15) is 30.9 Å². The normalized spacial score (nSPS) is 25.5. The number of ether oxygens (including phenoxy) is 1. The van der Waals surface area contributed by atoms with Gasteiger partial charge >= 0.3 is 0 Å². The Balaban J connectivity index is 2.41. The van der Waals surface area contributed by atoms with E-state index in [-0.39, 0.29) is 5.54 Å². The first-order chi connectivity index (χ1) is 7.15. The van der Waals surface area contributed by atoms with Gasteiger partial charge in [-0.3, -0.25) is 0 Å². The average molecular weight is 205 g/mol. The highest BCUT2D eigenvalue weighted by Crippen LogP contribution is 2.34. The Labute approximate surface area is 91.6 Å². The van der Waals surface area contributed by atoms with E-state index < -0.39 is 0 Å². The molecule has 0 aliphatic carbocycles. The first-order valence-corrected chi connectivity index (χ1v) is 5.56. The fourth-order valence-electron chi connectivity index (χ4n) is 2.45. The molecule has 1 aliphatic heterocycles. The minimum atomic E-state index is 0.138. The van der Waals surface area contributed by atoms with Gasteiger partial charge in [-0.2, -0.15) is 0 Å². The summed E-state index contributed by atoms with van der Waals surface area (Å²) in [4.78, 5) is 0. The van der Waals surface area contributed by atoms with Crippen LogP contribution in [0.3, 0.4) is 0 Å². The molecule has 0 amide bonds. The second-order valence-corrected chi connectivity index (χ2v) is 4.54. The molecule has 2 nitrogen and oxygen atoms in total. The smallest absolute Gasteiger partial charge is 0.119 e. The molecule has 0 spiro atoms. The molecule has 1 saturated heterocycles. The second-order valence-electron chi connectivity index (χ2n) is 4.54. The number of rotatable bonds is 2. The summed E-state index contributed by atoms with van der Waals surface area (Å²) in [5, 5.41) is 3.59. The lowest BCUT2D eigenvalue weighted by Gasteiger charge is -2.27. The molecule has 82 valence electrons. The van der Waals surface area contributed by atoms with Crippen LogP contribution >= 0.6 is 0 Å². The van der Waals surface area contributed by atoms with E-state index in [2.05, 4.69) is 31.3 Å². The van der Waals surface area contributed by atoms with Gasteiger partial charge in [-0.15, -0.1) is 0 Å². The highest BCUT2D eigenvalue weighted by molar-refractivity contribution is 5.39. The average Bonchev–Trinajstić information content (AvgIpc) is 2.67. The zero-order chi connectivity index (χ0) is 10.9. The number of hydrogen-bond donors (Lipinski definition) is 1. The van der Waals surface area contributed by atoms with Gasteiger partial charge in [0.25, 0.3) is 0 Å². The lowest BCUT2D eigenvalue weighted by molar-refractivity contribution is 0.403. The molecule has 0 radical (unpaired) electrons. The first-order valence-electron chi connectivity index (χ1n) is 5.56. The molecule has 15 heavy (non-hydrogen) atoms. The van der Waals surface area contributed by atoms with Gasteiger partial charge in [-0.25, -0.2) is 0 Å². The lowest BCUT2D eigenvalue weighted by atomic mass is 9.87. The summed E-state index contributed by atoms with van der Waals surface area (Å²) >= 11 is 0. The molecule has 1 heterocycles. The Morgan fingerprint density at radius 3 is 2.80 bits per heavy atom. The van der Waals surface area contributed by atoms with Crippen LogP contribution in [-0.4, -0.2) is 13.7 Å². The predicted molar refractivity (Wildman–Crippen MR) is 62.3 cm³/mol. The SMILES string of the molecule is COc1ccc(C)c(C2(C)CCCN2)c1. The molecule has 0 aromatic heterocycles. The topological polar surface area (TPSA) is 21.3 Å². The van der Waals surface area contributed by atoms with E-state index in [9.17, 15) is 0 Å². The van der Waals surface area contributed by atoms with Crippen LogP contribution in [-0.2, 0) is 5.54 Å². The standard InChI is InChI=1S/C13H19NO/c1-10-5-6-11(15-3)9-12(10)13(2)7-4-8-14-13/h5-6,9,14H,4,7-8H2,1-3H3. The van der Waals surface area contributed by atoms with Crippen molar-refractivity contribution >= 4 is 0 Å². The van der Waals surface area contributed by atoms with E-state index in [1.807, 2.05) is 6.07 Å². The number of hydrogen-bond acceptors (Lipinski definition) is 2. The molecular weight excluding hydrogens is 186 g/mol. The van der Waals surface area contributed by atoms with Crippen molar-refractivity contribution in [3.8, 4) is 5.75 Å². The molecular formula is C13H19NO. The molecule has 1 aromatic rings. The Morgan fingerprint density at radius 1 is 1.40 bits per heavy atom. The molecule has 0 bridgehead atoms. The summed E-state index contributed by atoms with van der Waals surface area (Å²) in [6.07, 6.45) is 2.47. The summed E-state index contributed by atoms with van der Waals surface area (Å²) in [5.41, 5.74) is 2.85. The van der Waals surface area contributed by atoms with Crippen LogP contribution in [0.4, 0.5) is 0 Å². The van der Waals surface area contributed by atoms with E-state index >= 15 is 0 Å². The van der Waals surface area contributed by atoms with E-state index in [1.54, 1.807) is 7.11 Å². The van der Waals surface area contributed by atoms with E-state index in [0.29, 0.717) is 0 Å².